The molecule has 1 amide bonds. The lowest BCUT2D eigenvalue weighted by Gasteiger charge is -2.23. The van der Waals surface area contributed by atoms with Gasteiger partial charge in [0.2, 0.25) is 5.91 Å². The summed E-state index contributed by atoms with van der Waals surface area (Å²) in [6.45, 7) is 1.84. The molecule has 1 aliphatic rings. The van der Waals surface area contributed by atoms with E-state index in [0.717, 1.165) is 4.88 Å². The first kappa shape index (κ1) is 20.4. The number of hydrogen-bond acceptors (Lipinski definition) is 4. The highest BCUT2D eigenvalue weighted by molar-refractivity contribution is 7.17. The monoisotopic (exact) mass is 434 g/mol. The van der Waals surface area contributed by atoms with Gasteiger partial charge in [0.25, 0.3) is 0 Å². The largest absolute Gasteiger partial charge is 0.481 e. The van der Waals surface area contributed by atoms with E-state index in [4.69, 9.17) is 23.2 Å². The minimum atomic E-state index is -0.999. The van der Waals surface area contributed by atoms with Crippen LogP contribution in [0.5, 0.6) is 0 Å². The van der Waals surface area contributed by atoms with Crippen molar-refractivity contribution in [3.8, 4) is 17.2 Å². The number of carboxylic acids is 1. The van der Waals surface area contributed by atoms with Gasteiger partial charge in [0.15, 0.2) is 0 Å². The number of nitriles is 1. The molecular formula is C20H16Cl2N2O3S. The zero-order chi connectivity index (χ0) is 20.4. The lowest BCUT2D eigenvalue weighted by Crippen LogP contribution is -2.34. The third-order valence-corrected chi connectivity index (χ3v) is 6.29. The van der Waals surface area contributed by atoms with Crippen LogP contribution in [-0.2, 0) is 9.59 Å². The molecule has 0 bridgehead atoms. The Hall–Kier alpha value is -2.33. The van der Waals surface area contributed by atoms with Crippen molar-refractivity contribution in [1.82, 2.24) is 0 Å². The van der Waals surface area contributed by atoms with Crippen LogP contribution in [0.15, 0.2) is 30.4 Å². The number of allylic oxidation sites excluding steroid dienone is 2. The number of halogens is 2. The minimum absolute atomic E-state index is 0.304. The summed E-state index contributed by atoms with van der Waals surface area (Å²) in [6, 6.07) is 7.16. The van der Waals surface area contributed by atoms with E-state index in [2.05, 4.69) is 11.4 Å². The van der Waals surface area contributed by atoms with Gasteiger partial charge in [0.1, 0.15) is 11.1 Å². The van der Waals surface area contributed by atoms with Crippen molar-refractivity contribution < 1.29 is 14.7 Å². The molecular weight excluding hydrogens is 419 g/mol. The van der Waals surface area contributed by atoms with Gasteiger partial charge >= 0.3 is 5.97 Å². The summed E-state index contributed by atoms with van der Waals surface area (Å²) >= 11 is 13.5. The Balaban J connectivity index is 1.96. The Morgan fingerprint density at radius 3 is 2.54 bits per heavy atom. The molecule has 2 N–H and O–H groups in total. The molecule has 8 heteroatoms. The number of carbonyl (C=O) groups excluding carboxylic acids is 1. The zero-order valence-corrected chi connectivity index (χ0v) is 17.2. The standard InChI is InChI=1S/C20H16Cl2N2O3S/c1-10-17(14-7-6-11(21)8-16(14)22)15(9-23)19(28-10)24-18(25)12-4-2-3-5-13(12)20(26)27/h2-3,6-8,12-13H,4-5H2,1H3,(H,24,25)(H,26,27)/t12-,13+/m0/s1. The first-order valence-electron chi connectivity index (χ1n) is 8.51. The number of anilines is 1. The van der Waals surface area contributed by atoms with Crippen LogP contribution in [0, 0.1) is 30.1 Å². The number of amides is 1. The number of benzene rings is 1. The summed E-state index contributed by atoms with van der Waals surface area (Å²) in [5.41, 5.74) is 1.60. The van der Waals surface area contributed by atoms with E-state index < -0.39 is 23.7 Å². The van der Waals surface area contributed by atoms with Crippen LogP contribution in [0.2, 0.25) is 10.0 Å². The van der Waals surface area contributed by atoms with Crippen molar-refractivity contribution >= 4 is 51.4 Å². The highest BCUT2D eigenvalue weighted by atomic mass is 35.5. The van der Waals surface area contributed by atoms with Crippen molar-refractivity contribution in [2.75, 3.05) is 5.32 Å². The summed E-state index contributed by atoms with van der Waals surface area (Å²) in [7, 11) is 0. The predicted molar refractivity (Wildman–Crippen MR) is 111 cm³/mol. The van der Waals surface area contributed by atoms with Crippen LogP contribution in [0.25, 0.3) is 11.1 Å². The molecule has 0 saturated carbocycles. The molecule has 28 heavy (non-hydrogen) atoms. The van der Waals surface area contributed by atoms with Gasteiger partial charge in [-0.25, -0.2) is 0 Å². The third kappa shape index (κ3) is 3.93. The summed E-state index contributed by atoms with van der Waals surface area (Å²) in [5, 5.41) is 23.2. The van der Waals surface area contributed by atoms with Gasteiger partial charge in [-0.15, -0.1) is 11.3 Å². The highest BCUT2D eigenvalue weighted by Gasteiger charge is 2.34. The van der Waals surface area contributed by atoms with Crippen molar-refractivity contribution in [3.63, 3.8) is 0 Å². The number of thiophene rings is 1. The number of aryl methyl sites for hydroxylation is 1. The molecule has 1 aliphatic carbocycles. The number of rotatable bonds is 4. The molecule has 3 rings (SSSR count). The number of aliphatic carboxylic acids is 1. The second kappa shape index (κ2) is 8.36. The van der Waals surface area contributed by atoms with Crippen LogP contribution in [0.4, 0.5) is 5.00 Å². The lowest BCUT2D eigenvalue weighted by molar-refractivity contribution is -0.146. The zero-order valence-electron chi connectivity index (χ0n) is 14.8. The Kier molecular flexibility index (Phi) is 6.09. The number of hydrogen-bond donors (Lipinski definition) is 2. The van der Waals surface area contributed by atoms with Gasteiger partial charge < -0.3 is 10.4 Å². The first-order chi connectivity index (χ1) is 13.3. The van der Waals surface area contributed by atoms with Crippen LogP contribution in [-0.4, -0.2) is 17.0 Å². The van der Waals surface area contributed by atoms with E-state index >= 15 is 0 Å². The van der Waals surface area contributed by atoms with Crippen LogP contribution >= 0.6 is 34.5 Å². The SMILES string of the molecule is Cc1sc(NC(=O)[C@H]2CC=CC[C@H]2C(=O)O)c(C#N)c1-c1ccc(Cl)cc1Cl. The van der Waals surface area contributed by atoms with Crippen LogP contribution < -0.4 is 5.32 Å². The quantitative estimate of drug-likeness (QED) is 0.620. The smallest absolute Gasteiger partial charge is 0.307 e. The molecule has 1 heterocycles. The van der Waals surface area contributed by atoms with Gasteiger partial charge in [-0.1, -0.05) is 41.4 Å². The lowest BCUT2D eigenvalue weighted by atomic mass is 9.82. The van der Waals surface area contributed by atoms with Gasteiger partial charge in [-0.2, -0.15) is 5.26 Å². The van der Waals surface area contributed by atoms with Crippen molar-refractivity contribution in [1.29, 1.82) is 5.26 Å². The molecule has 0 saturated heterocycles. The van der Waals surface area contributed by atoms with Crippen molar-refractivity contribution in [2.24, 2.45) is 11.8 Å². The number of nitrogens with zero attached hydrogens (tertiary/aromatic N) is 1. The van der Waals surface area contributed by atoms with E-state index in [0.29, 0.717) is 44.6 Å². The molecule has 0 spiro atoms. The fraction of sp³-hybridized carbons (Fsp3) is 0.250. The number of carbonyl (C=O) groups is 2. The number of carboxylic acid groups (broad SMARTS) is 1. The fourth-order valence-corrected chi connectivity index (χ4v) is 4.86. The van der Waals surface area contributed by atoms with Gasteiger partial charge in [-0.05, 0) is 31.9 Å². The second-order valence-corrected chi connectivity index (χ2v) is 8.53. The molecule has 5 nitrogen and oxygen atoms in total. The Morgan fingerprint density at radius 1 is 1.25 bits per heavy atom. The topological polar surface area (TPSA) is 90.2 Å². The summed E-state index contributed by atoms with van der Waals surface area (Å²) in [6.07, 6.45) is 4.26. The van der Waals surface area contributed by atoms with E-state index in [-0.39, 0.29) is 0 Å². The predicted octanol–water partition coefficient (Wildman–Crippen LogP) is 5.51. The molecule has 0 fully saturated rings. The maximum atomic E-state index is 12.8. The average Bonchev–Trinajstić information content (AvgIpc) is 2.96. The van der Waals surface area contributed by atoms with Gasteiger partial charge in [0, 0.05) is 26.0 Å². The molecule has 144 valence electrons. The molecule has 0 radical (unpaired) electrons. The second-order valence-electron chi connectivity index (χ2n) is 6.46. The van der Waals surface area contributed by atoms with Gasteiger partial charge in [0.05, 0.1) is 17.4 Å². The summed E-state index contributed by atoms with van der Waals surface area (Å²) < 4.78 is 0. The molecule has 2 aromatic rings. The Labute approximate surface area is 176 Å². The normalized spacial score (nSPS) is 18.5. The van der Waals surface area contributed by atoms with Crippen molar-refractivity contribution in [2.45, 2.75) is 19.8 Å². The van der Waals surface area contributed by atoms with Crippen molar-refractivity contribution in [3.05, 3.63) is 50.8 Å². The maximum absolute atomic E-state index is 12.8. The molecule has 1 aromatic heterocycles. The third-order valence-electron chi connectivity index (χ3n) is 4.72. The average molecular weight is 435 g/mol. The highest BCUT2D eigenvalue weighted by Crippen LogP contribution is 2.43. The summed E-state index contributed by atoms with van der Waals surface area (Å²) in [4.78, 5) is 25.0. The van der Waals surface area contributed by atoms with E-state index in [1.165, 1.54) is 11.3 Å². The van der Waals surface area contributed by atoms with E-state index in [1.54, 1.807) is 24.3 Å². The maximum Gasteiger partial charge on any atom is 0.307 e. The van der Waals surface area contributed by atoms with Gasteiger partial charge in [-0.3, -0.25) is 9.59 Å². The number of nitrogens with one attached hydrogen (secondary N) is 1. The molecule has 0 aliphatic heterocycles. The molecule has 0 unspecified atom stereocenters. The van der Waals surface area contributed by atoms with Crippen LogP contribution in [0.3, 0.4) is 0 Å². The van der Waals surface area contributed by atoms with E-state index in [9.17, 15) is 20.0 Å². The first-order valence-corrected chi connectivity index (χ1v) is 10.1. The summed E-state index contributed by atoms with van der Waals surface area (Å²) in [5.74, 6) is -2.86. The van der Waals surface area contributed by atoms with E-state index in [1.807, 2.05) is 13.0 Å². The fourth-order valence-electron chi connectivity index (χ4n) is 3.34. The molecule has 2 atom stereocenters. The Morgan fingerprint density at radius 2 is 1.93 bits per heavy atom. The van der Waals surface area contributed by atoms with Crippen LogP contribution in [0.1, 0.15) is 23.3 Å². The Bertz CT molecular complexity index is 1020. The molecule has 1 aromatic carbocycles. The minimum Gasteiger partial charge on any atom is -0.481 e.